The summed E-state index contributed by atoms with van der Waals surface area (Å²) in [7, 11) is 1.99. The molecule has 0 saturated carbocycles. The van der Waals surface area contributed by atoms with E-state index in [1.54, 1.807) is 0 Å². The number of fused-ring (bicyclic) bond motifs is 1. The van der Waals surface area contributed by atoms with Crippen LogP contribution in [0.25, 0.3) is 10.9 Å². The summed E-state index contributed by atoms with van der Waals surface area (Å²) in [4.78, 5) is 15.3. The third-order valence-electron chi connectivity index (χ3n) is 5.04. The van der Waals surface area contributed by atoms with Crippen LogP contribution in [0.5, 0.6) is 0 Å². The molecule has 0 amide bonds. The molecule has 2 aromatic carbocycles. The van der Waals surface area contributed by atoms with Crippen molar-refractivity contribution in [2.24, 2.45) is 0 Å². The Morgan fingerprint density at radius 2 is 1.85 bits per heavy atom. The van der Waals surface area contributed by atoms with Gasteiger partial charge in [-0.1, -0.05) is 49.4 Å². The van der Waals surface area contributed by atoms with E-state index in [9.17, 15) is 4.79 Å². The highest BCUT2D eigenvalue weighted by molar-refractivity contribution is 5.79. The van der Waals surface area contributed by atoms with Crippen LogP contribution in [0.15, 0.2) is 65.6 Å². The van der Waals surface area contributed by atoms with Gasteiger partial charge in [0.15, 0.2) is 0 Å². The molecule has 3 aromatic rings. The van der Waals surface area contributed by atoms with E-state index in [4.69, 9.17) is 0 Å². The molecule has 1 heterocycles. The zero-order valence-corrected chi connectivity index (χ0v) is 16.7. The maximum absolute atomic E-state index is 13.3. The first-order valence-corrected chi connectivity index (χ1v) is 9.56. The first-order chi connectivity index (χ1) is 13.0. The minimum Gasteiger partial charge on any atom is -0.376 e. The maximum Gasteiger partial charge on any atom is 0.256 e. The average Bonchev–Trinajstić information content (AvgIpc) is 2.66. The highest BCUT2D eigenvalue weighted by atomic mass is 16.1. The van der Waals surface area contributed by atoms with Gasteiger partial charge < -0.3 is 9.47 Å². The van der Waals surface area contributed by atoms with Crippen molar-refractivity contribution < 1.29 is 0 Å². The van der Waals surface area contributed by atoms with Crippen LogP contribution in [0.1, 0.15) is 36.1 Å². The Morgan fingerprint density at radius 1 is 1.07 bits per heavy atom. The lowest BCUT2D eigenvalue weighted by Gasteiger charge is -2.18. The van der Waals surface area contributed by atoms with Gasteiger partial charge in [0, 0.05) is 19.2 Å². The number of pyridine rings is 1. The molecular weight excluding hydrogens is 332 g/mol. The lowest BCUT2D eigenvalue weighted by Crippen LogP contribution is -2.27. The fourth-order valence-corrected chi connectivity index (χ4v) is 3.56. The van der Waals surface area contributed by atoms with Gasteiger partial charge in [-0.15, -0.1) is 0 Å². The second-order valence-corrected chi connectivity index (χ2v) is 7.13. The van der Waals surface area contributed by atoms with Crippen LogP contribution in [-0.2, 0) is 19.5 Å². The van der Waals surface area contributed by atoms with Crippen molar-refractivity contribution in [1.29, 1.82) is 0 Å². The zero-order valence-electron chi connectivity index (χ0n) is 16.7. The second-order valence-electron chi connectivity index (χ2n) is 7.13. The van der Waals surface area contributed by atoms with Crippen molar-refractivity contribution in [2.45, 2.75) is 40.3 Å². The molecule has 0 radical (unpaired) electrons. The third-order valence-corrected chi connectivity index (χ3v) is 5.04. The van der Waals surface area contributed by atoms with Gasteiger partial charge in [0.05, 0.1) is 12.1 Å². The van der Waals surface area contributed by atoms with Gasteiger partial charge in [-0.05, 0) is 60.7 Å². The van der Waals surface area contributed by atoms with E-state index in [0.29, 0.717) is 13.1 Å². The van der Waals surface area contributed by atoms with E-state index in [2.05, 4.69) is 38.1 Å². The topological polar surface area (TPSA) is 25.2 Å². The van der Waals surface area contributed by atoms with E-state index in [1.807, 2.05) is 60.0 Å². The summed E-state index contributed by atoms with van der Waals surface area (Å²) in [5.74, 6) is 0. The average molecular weight is 361 g/mol. The highest BCUT2D eigenvalue weighted by Crippen LogP contribution is 2.18. The van der Waals surface area contributed by atoms with Crippen LogP contribution < -0.4 is 5.56 Å². The Kier molecular flexibility index (Phi) is 5.80. The summed E-state index contributed by atoms with van der Waals surface area (Å²) >= 11 is 0. The van der Waals surface area contributed by atoms with Gasteiger partial charge in [0.1, 0.15) is 0 Å². The summed E-state index contributed by atoms with van der Waals surface area (Å²) in [5.41, 5.74) is 5.65. The van der Waals surface area contributed by atoms with Gasteiger partial charge in [-0.2, -0.15) is 0 Å². The van der Waals surface area contributed by atoms with Crippen molar-refractivity contribution in [3.05, 3.63) is 93.4 Å². The molecule has 27 heavy (non-hydrogen) atoms. The summed E-state index contributed by atoms with van der Waals surface area (Å²) in [5, 5.41) is 1.10. The van der Waals surface area contributed by atoms with Crippen molar-refractivity contribution in [2.75, 3.05) is 7.05 Å². The molecular formula is C24H28N2O. The summed E-state index contributed by atoms with van der Waals surface area (Å²) in [6.07, 6.45) is 5.00. The first-order valence-electron chi connectivity index (χ1n) is 9.56. The standard InChI is InChI=1S/C24H28N2O/c1-5-13-25(4)16-22-15-20-9-7-8-10-23(20)26(24(22)27)17-21-12-11-19(6-2)14-18(21)3/h5,7-15H,6,16-17H2,1-4H3/b13-5+. The molecule has 140 valence electrons. The number of nitrogens with zero attached hydrogens (tertiary/aromatic N) is 2. The first kappa shape index (κ1) is 19.0. The molecule has 0 N–H and O–H groups in total. The van der Waals surface area contributed by atoms with Crippen LogP contribution in [0, 0.1) is 6.92 Å². The molecule has 0 bridgehead atoms. The SMILES string of the molecule is C/C=C/N(C)Cc1cc2ccccc2n(Cc2ccc(CC)cc2C)c1=O. The minimum atomic E-state index is 0.0871. The Morgan fingerprint density at radius 3 is 2.56 bits per heavy atom. The second kappa shape index (κ2) is 8.26. The predicted molar refractivity (Wildman–Crippen MR) is 114 cm³/mol. The van der Waals surface area contributed by atoms with E-state index >= 15 is 0 Å². The molecule has 0 atom stereocenters. The third kappa shape index (κ3) is 4.13. The lowest BCUT2D eigenvalue weighted by atomic mass is 10.0. The molecule has 0 aliphatic rings. The Balaban J connectivity index is 2.10. The lowest BCUT2D eigenvalue weighted by molar-refractivity contribution is 0.446. The normalized spacial score (nSPS) is 11.4. The van der Waals surface area contributed by atoms with Crippen molar-refractivity contribution in [3.63, 3.8) is 0 Å². The summed E-state index contributed by atoms with van der Waals surface area (Å²) in [6, 6.07) is 16.7. The summed E-state index contributed by atoms with van der Waals surface area (Å²) < 4.78 is 1.92. The number of para-hydroxylation sites is 1. The van der Waals surface area contributed by atoms with E-state index in [1.165, 1.54) is 16.7 Å². The quantitative estimate of drug-likeness (QED) is 0.625. The largest absolute Gasteiger partial charge is 0.376 e. The van der Waals surface area contributed by atoms with Crippen LogP contribution in [0.4, 0.5) is 0 Å². The number of hydrogen-bond donors (Lipinski definition) is 0. The monoisotopic (exact) mass is 360 g/mol. The molecule has 0 aliphatic heterocycles. The number of benzene rings is 2. The Bertz CT molecular complexity index is 1030. The molecule has 3 heteroatoms. The minimum absolute atomic E-state index is 0.0871. The Hall–Kier alpha value is -2.81. The van der Waals surface area contributed by atoms with Gasteiger partial charge >= 0.3 is 0 Å². The van der Waals surface area contributed by atoms with Crippen molar-refractivity contribution in [3.8, 4) is 0 Å². The predicted octanol–water partition coefficient (Wildman–Crippen LogP) is 4.89. The molecule has 0 saturated heterocycles. The van der Waals surface area contributed by atoms with Crippen LogP contribution in [0.3, 0.4) is 0 Å². The zero-order chi connectivity index (χ0) is 19.4. The molecule has 0 unspecified atom stereocenters. The van der Waals surface area contributed by atoms with Crippen molar-refractivity contribution in [1.82, 2.24) is 9.47 Å². The van der Waals surface area contributed by atoms with E-state index < -0.39 is 0 Å². The smallest absolute Gasteiger partial charge is 0.256 e. The molecule has 3 nitrogen and oxygen atoms in total. The van der Waals surface area contributed by atoms with Gasteiger partial charge in [-0.25, -0.2) is 0 Å². The molecule has 0 spiro atoms. The molecule has 0 aliphatic carbocycles. The van der Waals surface area contributed by atoms with Gasteiger partial charge in [0.2, 0.25) is 0 Å². The molecule has 1 aromatic heterocycles. The van der Waals surface area contributed by atoms with Crippen LogP contribution in [0.2, 0.25) is 0 Å². The number of allylic oxidation sites excluding steroid dienone is 1. The molecule has 3 rings (SSSR count). The number of aromatic nitrogens is 1. The number of hydrogen-bond acceptors (Lipinski definition) is 2. The number of aryl methyl sites for hydroxylation is 2. The molecule has 0 fully saturated rings. The van der Waals surface area contributed by atoms with Crippen molar-refractivity contribution >= 4 is 10.9 Å². The number of rotatable bonds is 6. The van der Waals surface area contributed by atoms with E-state index in [0.717, 1.165) is 22.9 Å². The van der Waals surface area contributed by atoms with Crippen LogP contribution >= 0.6 is 0 Å². The van der Waals surface area contributed by atoms with Gasteiger partial charge in [-0.3, -0.25) is 4.79 Å². The Labute approximate surface area is 161 Å². The highest BCUT2D eigenvalue weighted by Gasteiger charge is 2.12. The van der Waals surface area contributed by atoms with Crippen LogP contribution in [-0.4, -0.2) is 16.5 Å². The van der Waals surface area contributed by atoms with E-state index in [-0.39, 0.29) is 5.56 Å². The fraction of sp³-hybridized carbons (Fsp3) is 0.292. The van der Waals surface area contributed by atoms with Gasteiger partial charge in [0.25, 0.3) is 5.56 Å². The maximum atomic E-state index is 13.3. The fourth-order valence-electron chi connectivity index (χ4n) is 3.56. The summed E-state index contributed by atoms with van der Waals surface area (Å²) in [6.45, 7) is 7.47.